The molecular formula is C11H21F2NO3. The zero-order valence-corrected chi connectivity index (χ0v) is 10.3. The highest BCUT2D eigenvalue weighted by Crippen LogP contribution is 2.18. The summed E-state index contributed by atoms with van der Waals surface area (Å²) >= 11 is 0. The fourth-order valence-corrected chi connectivity index (χ4v) is 1.71. The highest BCUT2D eigenvalue weighted by molar-refractivity contribution is 5.78. The number of nitrogens with one attached hydrogen (secondary N) is 1. The monoisotopic (exact) mass is 253 g/mol. The maximum Gasteiger partial charge on any atom is 0.323 e. The molecule has 4 nitrogen and oxygen atoms in total. The first-order valence-corrected chi connectivity index (χ1v) is 5.82. The van der Waals surface area contributed by atoms with Gasteiger partial charge in [0.25, 0.3) is 6.43 Å². The maximum atomic E-state index is 11.8. The van der Waals surface area contributed by atoms with E-state index >= 15 is 0 Å². The van der Waals surface area contributed by atoms with Gasteiger partial charge in [-0.3, -0.25) is 4.79 Å². The third kappa shape index (κ3) is 5.93. The summed E-state index contributed by atoms with van der Waals surface area (Å²) in [7, 11) is 0. The molecule has 0 radical (unpaired) electrons. The molecule has 0 heterocycles. The number of hydrogen-bond acceptors (Lipinski definition) is 3. The molecule has 2 N–H and O–H groups in total. The van der Waals surface area contributed by atoms with Gasteiger partial charge in [-0.2, -0.15) is 0 Å². The molecule has 0 amide bonds. The van der Waals surface area contributed by atoms with Gasteiger partial charge >= 0.3 is 5.97 Å². The minimum absolute atomic E-state index is 0.158. The van der Waals surface area contributed by atoms with Crippen LogP contribution in [-0.2, 0) is 9.53 Å². The van der Waals surface area contributed by atoms with E-state index in [0.29, 0.717) is 25.8 Å². The smallest absolute Gasteiger partial charge is 0.323 e. The molecule has 0 aliphatic rings. The van der Waals surface area contributed by atoms with Crippen LogP contribution < -0.4 is 5.32 Å². The lowest BCUT2D eigenvalue weighted by atomic mass is 9.90. The van der Waals surface area contributed by atoms with Crippen molar-refractivity contribution >= 4 is 5.97 Å². The molecule has 1 unspecified atom stereocenters. The molecule has 0 aromatic rings. The fraction of sp³-hybridized carbons (Fsp3) is 0.909. The zero-order chi connectivity index (χ0) is 13.3. The normalized spacial score (nSPS) is 14.9. The standard InChI is InChI=1S/C11H21F2NO3/c1-3-11(10(15)16,14-4-2)6-5-7-17-8-9(12)13/h9,14H,3-8H2,1-2H3,(H,15,16). The average Bonchev–Trinajstić information content (AvgIpc) is 2.26. The second-order valence-electron chi connectivity index (χ2n) is 3.84. The van der Waals surface area contributed by atoms with E-state index in [1.165, 1.54) is 0 Å². The Morgan fingerprint density at radius 1 is 1.47 bits per heavy atom. The van der Waals surface area contributed by atoms with Crippen LogP contribution in [0.5, 0.6) is 0 Å². The SMILES string of the molecule is CCNC(CC)(CCCOCC(F)F)C(=O)O. The highest BCUT2D eigenvalue weighted by Gasteiger charge is 2.34. The number of carboxylic acid groups (broad SMARTS) is 1. The van der Waals surface area contributed by atoms with Crippen LogP contribution in [0.2, 0.25) is 0 Å². The first kappa shape index (κ1) is 16.2. The number of carbonyl (C=O) groups is 1. The van der Waals surface area contributed by atoms with Gasteiger partial charge in [-0.15, -0.1) is 0 Å². The number of alkyl halides is 2. The Hall–Kier alpha value is -0.750. The molecule has 17 heavy (non-hydrogen) atoms. The van der Waals surface area contributed by atoms with Crippen molar-refractivity contribution in [3.63, 3.8) is 0 Å². The van der Waals surface area contributed by atoms with Crippen LogP contribution >= 0.6 is 0 Å². The summed E-state index contributed by atoms with van der Waals surface area (Å²) in [4.78, 5) is 11.2. The number of hydrogen-bond donors (Lipinski definition) is 2. The molecule has 0 aliphatic heterocycles. The van der Waals surface area contributed by atoms with Gasteiger partial charge in [0.05, 0.1) is 0 Å². The van der Waals surface area contributed by atoms with Crippen LogP contribution in [0.15, 0.2) is 0 Å². The van der Waals surface area contributed by atoms with Crippen LogP contribution in [0, 0.1) is 0 Å². The van der Waals surface area contributed by atoms with Gasteiger partial charge in [0.2, 0.25) is 0 Å². The van der Waals surface area contributed by atoms with Crippen LogP contribution in [0.25, 0.3) is 0 Å². The van der Waals surface area contributed by atoms with Gasteiger partial charge in [-0.25, -0.2) is 8.78 Å². The number of carboxylic acids is 1. The van der Waals surface area contributed by atoms with E-state index in [-0.39, 0.29) is 6.61 Å². The maximum absolute atomic E-state index is 11.8. The van der Waals surface area contributed by atoms with Gasteiger partial charge in [-0.1, -0.05) is 13.8 Å². The molecule has 0 fully saturated rings. The van der Waals surface area contributed by atoms with Crippen LogP contribution in [0.4, 0.5) is 8.78 Å². The van der Waals surface area contributed by atoms with Gasteiger partial charge in [0.15, 0.2) is 0 Å². The highest BCUT2D eigenvalue weighted by atomic mass is 19.3. The minimum Gasteiger partial charge on any atom is -0.480 e. The van der Waals surface area contributed by atoms with E-state index in [0.717, 1.165) is 0 Å². The summed E-state index contributed by atoms with van der Waals surface area (Å²) in [5.74, 6) is -0.907. The van der Waals surface area contributed by atoms with Crippen molar-refractivity contribution < 1.29 is 23.4 Å². The van der Waals surface area contributed by atoms with E-state index in [9.17, 15) is 18.7 Å². The first-order chi connectivity index (χ1) is 7.98. The Balaban J connectivity index is 4.04. The Bertz CT molecular complexity index is 227. The molecule has 102 valence electrons. The summed E-state index contributed by atoms with van der Waals surface area (Å²) in [6, 6.07) is 0. The summed E-state index contributed by atoms with van der Waals surface area (Å²) in [5, 5.41) is 12.1. The van der Waals surface area contributed by atoms with Crippen molar-refractivity contribution in [2.24, 2.45) is 0 Å². The largest absolute Gasteiger partial charge is 0.480 e. The molecule has 0 saturated carbocycles. The van der Waals surface area contributed by atoms with E-state index < -0.39 is 24.5 Å². The van der Waals surface area contributed by atoms with Crippen molar-refractivity contribution in [1.29, 1.82) is 0 Å². The molecule has 0 spiro atoms. The molecular weight excluding hydrogens is 232 g/mol. The minimum atomic E-state index is -2.47. The van der Waals surface area contributed by atoms with Crippen molar-refractivity contribution in [2.45, 2.75) is 45.1 Å². The third-order valence-corrected chi connectivity index (χ3v) is 2.66. The summed E-state index contributed by atoms with van der Waals surface area (Å²) in [6.45, 7) is 3.74. The molecule has 6 heteroatoms. The van der Waals surface area contributed by atoms with Crippen molar-refractivity contribution in [2.75, 3.05) is 19.8 Å². The molecule has 0 aromatic heterocycles. The zero-order valence-electron chi connectivity index (χ0n) is 10.3. The molecule has 1 atom stereocenters. The summed E-state index contributed by atoms with van der Waals surface area (Å²) in [6.07, 6.45) is -1.21. The molecule has 0 bridgehead atoms. The van der Waals surface area contributed by atoms with Crippen LogP contribution in [-0.4, -0.2) is 42.8 Å². The Morgan fingerprint density at radius 3 is 2.53 bits per heavy atom. The predicted molar refractivity (Wildman–Crippen MR) is 60.4 cm³/mol. The van der Waals surface area contributed by atoms with Gasteiger partial charge in [0, 0.05) is 6.61 Å². The Kier molecular flexibility index (Phi) is 7.99. The van der Waals surface area contributed by atoms with Crippen molar-refractivity contribution in [3.8, 4) is 0 Å². The third-order valence-electron chi connectivity index (χ3n) is 2.66. The van der Waals surface area contributed by atoms with E-state index in [2.05, 4.69) is 5.32 Å². The number of ether oxygens (including phenoxy) is 1. The van der Waals surface area contributed by atoms with Crippen LogP contribution in [0.1, 0.15) is 33.1 Å². The quantitative estimate of drug-likeness (QED) is 0.584. The number of halogens is 2. The second-order valence-corrected chi connectivity index (χ2v) is 3.84. The Morgan fingerprint density at radius 2 is 2.12 bits per heavy atom. The molecule has 0 rings (SSSR count). The van der Waals surface area contributed by atoms with Crippen LogP contribution in [0.3, 0.4) is 0 Å². The lowest BCUT2D eigenvalue weighted by Crippen LogP contribution is -2.51. The van der Waals surface area contributed by atoms with Gasteiger partial charge in [-0.05, 0) is 25.8 Å². The first-order valence-electron chi connectivity index (χ1n) is 5.82. The van der Waals surface area contributed by atoms with E-state index in [1.807, 2.05) is 6.92 Å². The number of rotatable bonds is 10. The number of aliphatic carboxylic acids is 1. The Labute approximate surface area is 100 Å². The van der Waals surface area contributed by atoms with E-state index in [1.54, 1.807) is 6.92 Å². The van der Waals surface area contributed by atoms with Gasteiger partial charge in [0.1, 0.15) is 12.1 Å². The van der Waals surface area contributed by atoms with Gasteiger partial charge < -0.3 is 15.2 Å². The lowest BCUT2D eigenvalue weighted by molar-refractivity contribution is -0.145. The lowest BCUT2D eigenvalue weighted by Gasteiger charge is -2.29. The summed E-state index contributed by atoms with van der Waals surface area (Å²) in [5.41, 5.74) is -0.969. The second kappa shape index (κ2) is 8.36. The average molecular weight is 253 g/mol. The fourth-order valence-electron chi connectivity index (χ4n) is 1.71. The predicted octanol–water partition coefficient (Wildman–Crippen LogP) is 1.89. The summed E-state index contributed by atoms with van der Waals surface area (Å²) < 4.78 is 28.3. The molecule has 0 aliphatic carbocycles. The van der Waals surface area contributed by atoms with Crippen molar-refractivity contribution in [1.82, 2.24) is 5.32 Å². The topological polar surface area (TPSA) is 58.6 Å². The molecule has 0 aromatic carbocycles. The van der Waals surface area contributed by atoms with Crippen molar-refractivity contribution in [3.05, 3.63) is 0 Å². The van der Waals surface area contributed by atoms with E-state index in [4.69, 9.17) is 4.74 Å². The molecule has 0 saturated heterocycles. The number of likely N-dealkylation sites (N-methyl/N-ethyl adjacent to an activating group) is 1.